The Morgan fingerprint density at radius 3 is 2.91 bits per heavy atom. The normalized spacial score (nSPS) is 16.0. The fraction of sp³-hybridized carbons (Fsp3) is 0.400. The first kappa shape index (κ1) is 13.5. The molecule has 3 heterocycles. The van der Waals surface area contributed by atoms with Crippen molar-refractivity contribution in [3.63, 3.8) is 0 Å². The maximum Gasteiger partial charge on any atom is 0.231 e. The van der Waals surface area contributed by atoms with Crippen LogP contribution in [0.2, 0.25) is 0 Å². The van der Waals surface area contributed by atoms with E-state index in [0.29, 0.717) is 17.6 Å². The summed E-state index contributed by atoms with van der Waals surface area (Å²) in [5.41, 5.74) is 2.57. The number of hydrogen-bond acceptors (Lipinski definition) is 6. The molecule has 0 aliphatic heterocycles. The summed E-state index contributed by atoms with van der Waals surface area (Å²) in [6.45, 7) is 0. The van der Waals surface area contributed by atoms with Gasteiger partial charge in [-0.05, 0) is 24.3 Å². The Morgan fingerprint density at radius 2 is 2.09 bits per heavy atom. The van der Waals surface area contributed by atoms with Crippen molar-refractivity contribution >= 4 is 40.0 Å². The van der Waals surface area contributed by atoms with Crippen molar-refractivity contribution in [1.82, 2.24) is 19.9 Å². The molecule has 3 N–H and O–H groups in total. The topological polar surface area (TPSA) is 78.5 Å². The zero-order chi connectivity index (χ0) is 14.8. The zero-order valence-electron chi connectivity index (χ0n) is 12.2. The van der Waals surface area contributed by atoms with Gasteiger partial charge in [0.05, 0.1) is 12.0 Å². The van der Waals surface area contributed by atoms with Gasteiger partial charge in [0.15, 0.2) is 11.5 Å². The summed E-state index contributed by atoms with van der Waals surface area (Å²) in [4.78, 5) is 16.5. The predicted octanol–water partition coefficient (Wildman–Crippen LogP) is 3.90. The molecule has 0 spiro atoms. The van der Waals surface area contributed by atoms with Crippen molar-refractivity contribution in [3.8, 4) is 0 Å². The highest BCUT2D eigenvalue weighted by Crippen LogP contribution is 2.26. The number of H-pyrrole nitrogens is 1. The van der Waals surface area contributed by atoms with Gasteiger partial charge in [-0.3, -0.25) is 0 Å². The molecule has 0 radical (unpaired) electrons. The van der Waals surface area contributed by atoms with Crippen molar-refractivity contribution in [2.45, 2.75) is 38.1 Å². The molecule has 7 heteroatoms. The van der Waals surface area contributed by atoms with E-state index in [9.17, 15) is 0 Å². The third kappa shape index (κ3) is 2.76. The molecular formula is C15H18N6S. The number of aromatic nitrogens is 4. The van der Waals surface area contributed by atoms with Crippen LogP contribution in [-0.2, 0) is 0 Å². The molecule has 6 nitrogen and oxygen atoms in total. The molecule has 1 saturated carbocycles. The minimum absolute atomic E-state index is 0.490. The maximum absolute atomic E-state index is 4.64. The van der Waals surface area contributed by atoms with Crippen LogP contribution in [0, 0.1) is 0 Å². The molecule has 3 aromatic heterocycles. The van der Waals surface area contributed by atoms with E-state index >= 15 is 0 Å². The number of nitrogens with zero attached hydrogens (tertiary/aromatic N) is 3. The molecule has 0 bridgehead atoms. The second-order valence-corrected chi connectivity index (χ2v) is 6.39. The van der Waals surface area contributed by atoms with Crippen LogP contribution >= 0.6 is 11.3 Å². The van der Waals surface area contributed by atoms with Gasteiger partial charge in [0.2, 0.25) is 5.95 Å². The van der Waals surface area contributed by atoms with Crippen LogP contribution < -0.4 is 10.6 Å². The lowest BCUT2D eigenvalue weighted by molar-refractivity contribution is 0.462. The first-order chi connectivity index (χ1) is 10.9. The molecule has 0 amide bonds. The van der Waals surface area contributed by atoms with Crippen LogP contribution in [0.1, 0.15) is 32.1 Å². The van der Waals surface area contributed by atoms with Gasteiger partial charge >= 0.3 is 0 Å². The molecule has 0 aromatic carbocycles. The van der Waals surface area contributed by atoms with Crippen molar-refractivity contribution in [3.05, 3.63) is 23.2 Å². The summed E-state index contributed by atoms with van der Waals surface area (Å²) >= 11 is 1.64. The second-order valence-electron chi connectivity index (χ2n) is 5.61. The quantitative estimate of drug-likeness (QED) is 0.680. The maximum atomic E-state index is 4.64. The van der Waals surface area contributed by atoms with Crippen molar-refractivity contribution in [2.75, 3.05) is 10.6 Å². The second kappa shape index (κ2) is 5.92. The summed E-state index contributed by atoms with van der Waals surface area (Å²) in [7, 11) is 0. The summed E-state index contributed by atoms with van der Waals surface area (Å²) in [5, 5.41) is 10.9. The molecule has 0 saturated heterocycles. The van der Waals surface area contributed by atoms with E-state index in [1.807, 2.05) is 16.8 Å². The lowest BCUT2D eigenvalue weighted by Gasteiger charge is -2.23. The fourth-order valence-corrected chi connectivity index (χ4v) is 3.49. The standard InChI is InChI=1S/C15H18N6S/c1-2-4-10(5-3-1)18-14-12-13(17-9-16-12)20-15(21-14)19-11-6-7-22-8-11/h6-10H,1-5H2,(H3,16,17,18,19,20,21). The minimum atomic E-state index is 0.490. The first-order valence-electron chi connectivity index (χ1n) is 7.65. The summed E-state index contributed by atoms with van der Waals surface area (Å²) in [6.07, 6.45) is 7.98. The number of thiophene rings is 1. The molecule has 114 valence electrons. The van der Waals surface area contributed by atoms with Gasteiger partial charge in [-0.25, -0.2) is 4.98 Å². The SMILES string of the molecule is c1nc2nc(Nc3ccsc3)nc(NC3CCCCC3)c2[nH]1. The Bertz CT molecular complexity index is 745. The van der Waals surface area contributed by atoms with E-state index in [1.165, 1.54) is 32.1 Å². The van der Waals surface area contributed by atoms with E-state index in [-0.39, 0.29) is 0 Å². The highest BCUT2D eigenvalue weighted by molar-refractivity contribution is 7.08. The molecule has 1 fully saturated rings. The smallest absolute Gasteiger partial charge is 0.231 e. The van der Waals surface area contributed by atoms with E-state index in [2.05, 4.69) is 30.6 Å². The van der Waals surface area contributed by atoms with Crippen LogP contribution in [0.4, 0.5) is 17.5 Å². The monoisotopic (exact) mass is 314 g/mol. The number of aromatic amines is 1. The molecule has 1 aliphatic carbocycles. The Balaban J connectivity index is 1.64. The number of fused-ring (bicyclic) bond motifs is 1. The van der Waals surface area contributed by atoms with Gasteiger partial charge in [0.25, 0.3) is 0 Å². The third-order valence-electron chi connectivity index (χ3n) is 4.01. The number of anilines is 3. The van der Waals surface area contributed by atoms with Crippen LogP contribution in [0.15, 0.2) is 23.2 Å². The van der Waals surface area contributed by atoms with Gasteiger partial charge in [0, 0.05) is 11.4 Å². The summed E-state index contributed by atoms with van der Waals surface area (Å²) in [6, 6.07) is 2.50. The molecule has 0 unspecified atom stereocenters. The van der Waals surface area contributed by atoms with Gasteiger partial charge in [-0.15, -0.1) is 0 Å². The number of imidazole rings is 1. The Hall–Kier alpha value is -2.15. The summed E-state index contributed by atoms with van der Waals surface area (Å²) in [5.74, 6) is 1.42. The van der Waals surface area contributed by atoms with Crippen LogP contribution in [0.25, 0.3) is 11.2 Å². The van der Waals surface area contributed by atoms with Gasteiger partial charge < -0.3 is 15.6 Å². The Labute approximate surface area is 132 Å². The van der Waals surface area contributed by atoms with Crippen molar-refractivity contribution in [2.24, 2.45) is 0 Å². The van der Waals surface area contributed by atoms with Gasteiger partial charge in [-0.1, -0.05) is 19.3 Å². The van der Waals surface area contributed by atoms with E-state index < -0.39 is 0 Å². The van der Waals surface area contributed by atoms with Crippen LogP contribution in [0.5, 0.6) is 0 Å². The fourth-order valence-electron chi connectivity index (χ4n) is 2.90. The lowest BCUT2D eigenvalue weighted by atomic mass is 9.95. The number of nitrogens with one attached hydrogen (secondary N) is 3. The summed E-state index contributed by atoms with van der Waals surface area (Å²) < 4.78 is 0. The minimum Gasteiger partial charge on any atom is -0.365 e. The average molecular weight is 314 g/mol. The Morgan fingerprint density at radius 1 is 1.18 bits per heavy atom. The van der Waals surface area contributed by atoms with Gasteiger partial charge in [0.1, 0.15) is 5.52 Å². The third-order valence-corrected chi connectivity index (χ3v) is 4.69. The first-order valence-corrected chi connectivity index (χ1v) is 8.59. The number of rotatable bonds is 4. The molecular weight excluding hydrogens is 296 g/mol. The number of hydrogen-bond donors (Lipinski definition) is 3. The van der Waals surface area contributed by atoms with Crippen LogP contribution in [-0.4, -0.2) is 26.0 Å². The van der Waals surface area contributed by atoms with Gasteiger partial charge in [-0.2, -0.15) is 21.3 Å². The van der Waals surface area contributed by atoms with Crippen molar-refractivity contribution in [1.29, 1.82) is 0 Å². The predicted molar refractivity (Wildman–Crippen MR) is 89.8 cm³/mol. The average Bonchev–Trinajstić information content (AvgIpc) is 3.20. The molecule has 1 aliphatic rings. The largest absolute Gasteiger partial charge is 0.365 e. The molecule has 3 aromatic rings. The molecule has 4 rings (SSSR count). The zero-order valence-corrected chi connectivity index (χ0v) is 13.0. The van der Waals surface area contributed by atoms with E-state index in [4.69, 9.17) is 0 Å². The molecule has 0 atom stereocenters. The highest BCUT2D eigenvalue weighted by atomic mass is 32.1. The van der Waals surface area contributed by atoms with Crippen molar-refractivity contribution < 1.29 is 0 Å². The highest BCUT2D eigenvalue weighted by Gasteiger charge is 2.17. The lowest BCUT2D eigenvalue weighted by Crippen LogP contribution is -2.23. The van der Waals surface area contributed by atoms with E-state index in [0.717, 1.165) is 17.0 Å². The van der Waals surface area contributed by atoms with E-state index in [1.54, 1.807) is 17.7 Å². The Kier molecular flexibility index (Phi) is 3.64. The van der Waals surface area contributed by atoms with Crippen LogP contribution in [0.3, 0.4) is 0 Å². The molecule has 22 heavy (non-hydrogen) atoms.